The Morgan fingerprint density at radius 3 is 2.64 bits per heavy atom. The van der Waals surface area contributed by atoms with Crippen LogP contribution >= 0.6 is 35.3 Å². The minimum atomic E-state index is 0. The first-order chi connectivity index (χ1) is 11.6. The van der Waals surface area contributed by atoms with Crippen LogP contribution in [0.2, 0.25) is 0 Å². The second kappa shape index (κ2) is 9.52. The largest absolute Gasteiger partial charge is 0.370 e. The fraction of sp³-hybridized carbons (Fsp3) is 0.474. The molecule has 25 heavy (non-hydrogen) atoms. The molecule has 136 valence electrons. The van der Waals surface area contributed by atoms with Crippen LogP contribution < -0.4 is 11.1 Å². The van der Waals surface area contributed by atoms with Gasteiger partial charge in [0.1, 0.15) is 0 Å². The molecule has 1 aromatic heterocycles. The van der Waals surface area contributed by atoms with Gasteiger partial charge in [-0.2, -0.15) is 0 Å². The van der Waals surface area contributed by atoms with Crippen molar-refractivity contribution in [1.29, 1.82) is 0 Å². The van der Waals surface area contributed by atoms with Crippen molar-refractivity contribution in [3.63, 3.8) is 0 Å². The number of aryl methyl sites for hydroxylation is 5. The minimum Gasteiger partial charge on any atom is -0.370 e. The number of guanidine groups is 1. The first-order valence-corrected chi connectivity index (χ1v) is 9.54. The van der Waals surface area contributed by atoms with Gasteiger partial charge < -0.3 is 11.1 Å². The Hall–Kier alpha value is -1.15. The average molecular weight is 470 g/mol. The van der Waals surface area contributed by atoms with Gasteiger partial charge in [0, 0.05) is 23.5 Å². The maximum absolute atomic E-state index is 5.99. The van der Waals surface area contributed by atoms with Crippen molar-refractivity contribution < 1.29 is 0 Å². The summed E-state index contributed by atoms with van der Waals surface area (Å²) < 4.78 is 0. The molecule has 3 N–H and O–H groups in total. The molecule has 0 fully saturated rings. The van der Waals surface area contributed by atoms with Crippen molar-refractivity contribution in [2.24, 2.45) is 10.7 Å². The summed E-state index contributed by atoms with van der Waals surface area (Å²) in [7, 11) is 0. The number of halogens is 1. The molecule has 0 radical (unpaired) electrons. The third-order valence-corrected chi connectivity index (χ3v) is 5.43. The number of fused-ring (bicyclic) bond motifs is 1. The zero-order valence-electron chi connectivity index (χ0n) is 15.0. The molecule has 0 spiro atoms. The molecular weight excluding hydrogens is 443 g/mol. The lowest BCUT2D eigenvalue weighted by Gasteiger charge is -2.07. The van der Waals surface area contributed by atoms with Crippen LogP contribution in [0.4, 0.5) is 5.69 Å². The van der Waals surface area contributed by atoms with Gasteiger partial charge in [-0.15, -0.1) is 35.3 Å². The van der Waals surface area contributed by atoms with E-state index in [0.29, 0.717) is 5.96 Å². The fourth-order valence-electron chi connectivity index (χ4n) is 3.18. The maximum Gasteiger partial charge on any atom is 0.193 e. The Labute approximate surface area is 171 Å². The molecule has 1 aliphatic rings. The van der Waals surface area contributed by atoms with Gasteiger partial charge in [-0.25, -0.2) is 4.98 Å². The van der Waals surface area contributed by atoms with E-state index in [1.807, 2.05) is 11.3 Å². The van der Waals surface area contributed by atoms with E-state index in [1.165, 1.54) is 46.0 Å². The summed E-state index contributed by atoms with van der Waals surface area (Å²) in [6, 6.07) is 6.30. The summed E-state index contributed by atoms with van der Waals surface area (Å²) >= 11 is 1.89. The van der Waals surface area contributed by atoms with Gasteiger partial charge in [-0.1, -0.05) is 6.07 Å². The maximum atomic E-state index is 5.99. The molecule has 0 amide bonds. The molecule has 0 unspecified atom stereocenters. The number of hydrogen-bond acceptors (Lipinski definition) is 3. The van der Waals surface area contributed by atoms with E-state index in [1.54, 1.807) is 0 Å². The summed E-state index contributed by atoms with van der Waals surface area (Å²) in [6.07, 6.45) is 6.98. The van der Waals surface area contributed by atoms with E-state index in [-0.39, 0.29) is 24.0 Å². The number of rotatable bonds is 5. The Balaban J connectivity index is 0.00000225. The zero-order valence-corrected chi connectivity index (χ0v) is 18.1. The molecule has 3 rings (SSSR count). The number of nitrogens with two attached hydrogens (primary N) is 1. The average Bonchev–Trinajstić information content (AvgIpc) is 2.93. The van der Waals surface area contributed by atoms with Crippen LogP contribution in [-0.4, -0.2) is 17.5 Å². The summed E-state index contributed by atoms with van der Waals surface area (Å²) in [5, 5.41) is 4.44. The van der Waals surface area contributed by atoms with E-state index >= 15 is 0 Å². The fourth-order valence-corrected chi connectivity index (χ4v) is 4.38. The Kier molecular flexibility index (Phi) is 7.68. The zero-order chi connectivity index (χ0) is 16.9. The highest BCUT2D eigenvalue weighted by Crippen LogP contribution is 2.27. The topological polar surface area (TPSA) is 63.3 Å². The number of aliphatic imine (C=N–C) groups is 1. The summed E-state index contributed by atoms with van der Waals surface area (Å²) in [4.78, 5) is 10.7. The normalized spacial score (nSPS) is 13.9. The smallest absolute Gasteiger partial charge is 0.193 e. The van der Waals surface area contributed by atoms with Crippen molar-refractivity contribution >= 4 is 47.0 Å². The highest BCUT2D eigenvalue weighted by atomic mass is 127. The molecule has 1 heterocycles. The van der Waals surface area contributed by atoms with Crippen LogP contribution in [0.3, 0.4) is 0 Å². The molecule has 0 saturated carbocycles. The SMILES string of the molecule is Cc1cc(C)cc(NC(N)=NCCCc2nc3c(s2)CCCC3)c1.I. The molecule has 0 bridgehead atoms. The Bertz CT molecular complexity index is 695. The van der Waals surface area contributed by atoms with Crippen LogP contribution in [0.5, 0.6) is 0 Å². The number of nitrogens with one attached hydrogen (secondary N) is 1. The van der Waals surface area contributed by atoms with E-state index in [0.717, 1.165) is 31.5 Å². The minimum absolute atomic E-state index is 0. The Morgan fingerprint density at radius 2 is 1.92 bits per heavy atom. The van der Waals surface area contributed by atoms with Crippen LogP contribution in [0.1, 0.15) is 46.0 Å². The van der Waals surface area contributed by atoms with Crippen LogP contribution in [0, 0.1) is 13.8 Å². The first-order valence-electron chi connectivity index (χ1n) is 8.73. The number of hydrogen-bond donors (Lipinski definition) is 2. The number of anilines is 1. The van der Waals surface area contributed by atoms with Gasteiger partial charge in [0.25, 0.3) is 0 Å². The van der Waals surface area contributed by atoms with Gasteiger partial charge in [0.2, 0.25) is 0 Å². The summed E-state index contributed by atoms with van der Waals surface area (Å²) in [5.74, 6) is 0.485. The van der Waals surface area contributed by atoms with Gasteiger partial charge >= 0.3 is 0 Å². The number of aromatic nitrogens is 1. The van der Waals surface area contributed by atoms with E-state index < -0.39 is 0 Å². The lowest BCUT2D eigenvalue weighted by Crippen LogP contribution is -2.23. The Morgan fingerprint density at radius 1 is 1.20 bits per heavy atom. The molecule has 1 aromatic carbocycles. The monoisotopic (exact) mass is 470 g/mol. The van der Waals surface area contributed by atoms with Crippen LogP contribution in [0.25, 0.3) is 0 Å². The molecular formula is C19H27IN4S. The molecule has 4 nitrogen and oxygen atoms in total. The second-order valence-electron chi connectivity index (χ2n) is 6.56. The van der Waals surface area contributed by atoms with Crippen molar-refractivity contribution in [2.45, 2.75) is 52.4 Å². The molecule has 0 aliphatic heterocycles. The van der Waals surface area contributed by atoms with Crippen LogP contribution in [0.15, 0.2) is 23.2 Å². The second-order valence-corrected chi connectivity index (χ2v) is 7.72. The van der Waals surface area contributed by atoms with Crippen molar-refractivity contribution in [1.82, 2.24) is 4.98 Å². The highest BCUT2D eigenvalue weighted by Gasteiger charge is 2.14. The quantitative estimate of drug-likeness (QED) is 0.290. The summed E-state index contributed by atoms with van der Waals surface area (Å²) in [6.45, 7) is 4.89. The first kappa shape index (κ1) is 20.2. The third-order valence-electron chi connectivity index (χ3n) is 4.21. The van der Waals surface area contributed by atoms with E-state index in [9.17, 15) is 0 Å². The van der Waals surface area contributed by atoms with E-state index in [4.69, 9.17) is 10.7 Å². The molecule has 0 atom stereocenters. The van der Waals surface area contributed by atoms with E-state index in [2.05, 4.69) is 42.4 Å². The molecule has 0 saturated heterocycles. The van der Waals surface area contributed by atoms with Crippen molar-refractivity contribution in [2.75, 3.05) is 11.9 Å². The van der Waals surface area contributed by atoms with Crippen molar-refractivity contribution in [3.05, 3.63) is 44.9 Å². The highest BCUT2D eigenvalue weighted by molar-refractivity contribution is 14.0. The van der Waals surface area contributed by atoms with Crippen LogP contribution in [-0.2, 0) is 19.3 Å². The summed E-state index contributed by atoms with van der Waals surface area (Å²) in [5.41, 5.74) is 10.8. The lowest BCUT2D eigenvalue weighted by molar-refractivity contribution is 0.679. The number of benzene rings is 1. The van der Waals surface area contributed by atoms with Crippen molar-refractivity contribution in [3.8, 4) is 0 Å². The third kappa shape index (κ3) is 5.95. The van der Waals surface area contributed by atoms with Gasteiger partial charge in [-0.05, 0) is 69.2 Å². The number of nitrogens with zero attached hydrogens (tertiary/aromatic N) is 2. The standard InChI is InChI=1S/C19H26N4S.HI/c1-13-10-14(2)12-15(11-13)22-19(20)21-9-5-8-18-23-16-6-3-4-7-17(16)24-18;/h10-12H,3-9H2,1-2H3,(H3,20,21,22);1H. The molecule has 1 aliphatic carbocycles. The number of thiazole rings is 1. The molecule has 2 aromatic rings. The molecule has 6 heteroatoms. The lowest BCUT2D eigenvalue weighted by atomic mass is 10.0. The van der Waals surface area contributed by atoms with Gasteiger partial charge in [-0.3, -0.25) is 4.99 Å². The van der Waals surface area contributed by atoms with Gasteiger partial charge in [0.05, 0.1) is 10.7 Å². The predicted octanol–water partition coefficient (Wildman–Crippen LogP) is 4.62. The predicted molar refractivity (Wildman–Crippen MR) is 119 cm³/mol. The van der Waals surface area contributed by atoms with Gasteiger partial charge in [0.15, 0.2) is 5.96 Å².